The van der Waals surface area contributed by atoms with Gasteiger partial charge in [-0.05, 0) is 24.3 Å². The molecule has 0 bridgehead atoms. The molecule has 4 heteroatoms. The van der Waals surface area contributed by atoms with E-state index in [1.54, 1.807) is 24.6 Å². The number of hydrogen-bond acceptors (Lipinski definition) is 3. The SMILES string of the molecule is Clc1ccccc1N/N=C\c1ccco1. The molecular weight excluding hydrogens is 212 g/mol. The van der Waals surface area contributed by atoms with Crippen molar-refractivity contribution in [3.05, 3.63) is 53.4 Å². The second-order valence-electron chi connectivity index (χ2n) is 2.87. The molecule has 1 aromatic carbocycles. The number of anilines is 1. The van der Waals surface area contributed by atoms with Crippen LogP contribution in [-0.4, -0.2) is 6.21 Å². The number of hydrazone groups is 1. The second kappa shape index (κ2) is 4.66. The average Bonchev–Trinajstić information content (AvgIpc) is 2.74. The summed E-state index contributed by atoms with van der Waals surface area (Å²) in [4.78, 5) is 0. The van der Waals surface area contributed by atoms with Crippen molar-refractivity contribution in [2.24, 2.45) is 5.10 Å². The summed E-state index contributed by atoms with van der Waals surface area (Å²) in [6, 6.07) is 11.0. The molecule has 0 fully saturated rings. The highest BCUT2D eigenvalue weighted by Crippen LogP contribution is 2.20. The molecule has 0 aliphatic rings. The number of rotatable bonds is 3. The number of para-hydroxylation sites is 1. The normalized spacial score (nSPS) is 10.7. The van der Waals surface area contributed by atoms with Crippen LogP contribution in [0.25, 0.3) is 0 Å². The van der Waals surface area contributed by atoms with Crippen molar-refractivity contribution in [3.8, 4) is 0 Å². The van der Waals surface area contributed by atoms with Crippen LogP contribution in [0.15, 0.2) is 52.2 Å². The van der Waals surface area contributed by atoms with E-state index in [1.165, 1.54) is 0 Å². The van der Waals surface area contributed by atoms with E-state index in [1.807, 2.05) is 24.3 Å². The summed E-state index contributed by atoms with van der Waals surface area (Å²) < 4.78 is 5.08. The molecule has 0 radical (unpaired) electrons. The van der Waals surface area contributed by atoms with Gasteiger partial charge in [0.15, 0.2) is 0 Å². The number of benzene rings is 1. The summed E-state index contributed by atoms with van der Waals surface area (Å²) in [6.45, 7) is 0. The van der Waals surface area contributed by atoms with Gasteiger partial charge in [0.1, 0.15) is 5.76 Å². The van der Waals surface area contributed by atoms with Crippen LogP contribution in [0.4, 0.5) is 5.69 Å². The van der Waals surface area contributed by atoms with Gasteiger partial charge in [-0.2, -0.15) is 5.10 Å². The Hall–Kier alpha value is -1.74. The van der Waals surface area contributed by atoms with Crippen molar-refractivity contribution in [1.82, 2.24) is 0 Å². The molecule has 1 N–H and O–H groups in total. The topological polar surface area (TPSA) is 37.5 Å². The van der Waals surface area contributed by atoms with Gasteiger partial charge in [-0.1, -0.05) is 23.7 Å². The van der Waals surface area contributed by atoms with Crippen LogP contribution in [-0.2, 0) is 0 Å². The zero-order chi connectivity index (χ0) is 10.5. The number of nitrogens with zero attached hydrogens (tertiary/aromatic N) is 1. The van der Waals surface area contributed by atoms with Crippen molar-refractivity contribution in [2.75, 3.05) is 5.43 Å². The molecule has 0 aliphatic carbocycles. The fraction of sp³-hybridized carbons (Fsp3) is 0. The number of furan rings is 1. The summed E-state index contributed by atoms with van der Waals surface area (Å²) in [5, 5.41) is 4.63. The van der Waals surface area contributed by atoms with Crippen LogP contribution in [0.3, 0.4) is 0 Å². The Labute approximate surface area is 92.4 Å². The van der Waals surface area contributed by atoms with E-state index in [-0.39, 0.29) is 0 Å². The van der Waals surface area contributed by atoms with Crippen molar-refractivity contribution in [2.45, 2.75) is 0 Å². The van der Waals surface area contributed by atoms with Gasteiger partial charge >= 0.3 is 0 Å². The molecule has 0 saturated carbocycles. The Balaban J connectivity index is 2.02. The summed E-state index contributed by atoms with van der Waals surface area (Å²) in [5.74, 6) is 0.689. The lowest BCUT2D eigenvalue weighted by molar-refractivity contribution is 0.560. The van der Waals surface area contributed by atoms with Crippen molar-refractivity contribution in [3.63, 3.8) is 0 Å². The van der Waals surface area contributed by atoms with E-state index >= 15 is 0 Å². The third-order valence-corrected chi connectivity index (χ3v) is 2.12. The predicted octanol–water partition coefficient (Wildman–Crippen LogP) is 3.38. The average molecular weight is 221 g/mol. The first-order valence-electron chi connectivity index (χ1n) is 4.43. The summed E-state index contributed by atoms with van der Waals surface area (Å²) >= 11 is 5.93. The van der Waals surface area contributed by atoms with Gasteiger partial charge in [0.05, 0.1) is 23.2 Å². The smallest absolute Gasteiger partial charge is 0.146 e. The molecule has 1 aromatic heterocycles. The Morgan fingerprint density at radius 2 is 2.07 bits per heavy atom. The molecule has 0 aliphatic heterocycles. The molecule has 2 rings (SSSR count). The molecular formula is C11H9ClN2O. The van der Waals surface area contributed by atoms with Gasteiger partial charge in [-0.25, -0.2) is 0 Å². The van der Waals surface area contributed by atoms with Crippen molar-refractivity contribution >= 4 is 23.5 Å². The fourth-order valence-corrected chi connectivity index (χ4v) is 1.26. The van der Waals surface area contributed by atoms with Crippen LogP contribution >= 0.6 is 11.6 Å². The van der Waals surface area contributed by atoms with E-state index in [9.17, 15) is 0 Å². The second-order valence-corrected chi connectivity index (χ2v) is 3.27. The monoisotopic (exact) mass is 220 g/mol. The summed E-state index contributed by atoms with van der Waals surface area (Å²) in [5.41, 5.74) is 3.59. The third-order valence-electron chi connectivity index (χ3n) is 1.79. The zero-order valence-corrected chi connectivity index (χ0v) is 8.61. The minimum absolute atomic E-state index is 0.633. The maximum atomic E-state index is 5.93. The molecule has 15 heavy (non-hydrogen) atoms. The molecule has 0 unspecified atom stereocenters. The standard InChI is InChI=1S/C11H9ClN2O/c12-10-5-1-2-6-11(10)14-13-8-9-4-3-7-15-9/h1-8,14H/b13-8-. The first-order valence-corrected chi connectivity index (χ1v) is 4.81. The fourth-order valence-electron chi connectivity index (χ4n) is 1.08. The van der Waals surface area contributed by atoms with Gasteiger partial charge in [-0.15, -0.1) is 0 Å². The lowest BCUT2D eigenvalue weighted by atomic mass is 10.3. The number of nitrogens with one attached hydrogen (secondary N) is 1. The third kappa shape index (κ3) is 2.60. The van der Waals surface area contributed by atoms with Gasteiger partial charge in [0, 0.05) is 0 Å². The van der Waals surface area contributed by atoms with Crippen LogP contribution in [0.1, 0.15) is 5.76 Å². The largest absolute Gasteiger partial charge is 0.463 e. The predicted molar refractivity (Wildman–Crippen MR) is 61.4 cm³/mol. The Morgan fingerprint density at radius 1 is 1.20 bits per heavy atom. The minimum atomic E-state index is 0.633. The van der Waals surface area contributed by atoms with Crippen molar-refractivity contribution in [1.29, 1.82) is 0 Å². The zero-order valence-electron chi connectivity index (χ0n) is 7.85. The molecule has 76 valence electrons. The Kier molecular flexibility index (Phi) is 3.05. The van der Waals surface area contributed by atoms with Crippen LogP contribution in [0.5, 0.6) is 0 Å². The lowest BCUT2D eigenvalue weighted by Crippen LogP contribution is -1.89. The van der Waals surface area contributed by atoms with E-state index in [0.717, 1.165) is 5.69 Å². The maximum absolute atomic E-state index is 5.93. The summed E-state index contributed by atoms with van der Waals surface area (Å²) in [6.07, 6.45) is 3.18. The molecule has 0 saturated heterocycles. The maximum Gasteiger partial charge on any atom is 0.146 e. The Morgan fingerprint density at radius 3 is 2.80 bits per heavy atom. The first-order chi connectivity index (χ1) is 7.36. The highest BCUT2D eigenvalue weighted by molar-refractivity contribution is 6.33. The van der Waals surface area contributed by atoms with Crippen LogP contribution in [0, 0.1) is 0 Å². The lowest BCUT2D eigenvalue weighted by Gasteiger charge is -2.00. The highest BCUT2D eigenvalue weighted by atomic mass is 35.5. The quantitative estimate of drug-likeness (QED) is 0.636. The number of hydrogen-bond donors (Lipinski definition) is 1. The van der Waals surface area contributed by atoms with E-state index < -0.39 is 0 Å². The van der Waals surface area contributed by atoms with E-state index in [4.69, 9.17) is 16.0 Å². The van der Waals surface area contributed by atoms with Gasteiger partial charge in [0.2, 0.25) is 0 Å². The molecule has 1 heterocycles. The van der Waals surface area contributed by atoms with Gasteiger partial charge < -0.3 is 4.42 Å². The van der Waals surface area contributed by atoms with Gasteiger partial charge in [-0.3, -0.25) is 5.43 Å². The molecule has 0 spiro atoms. The first kappa shape index (κ1) is 9.80. The van der Waals surface area contributed by atoms with E-state index in [2.05, 4.69) is 10.5 Å². The van der Waals surface area contributed by atoms with Crippen LogP contribution in [0.2, 0.25) is 5.02 Å². The molecule has 0 amide bonds. The molecule has 2 aromatic rings. The van der Waals surface area contributed by atoms with E-state index in [0.29, 0.717) is 10.8 Å². The highest BCUT2D eigenvalue weighted by Gasteiger charge is 1.95. The molecule has 3 nitrogen and oxygen atoms in total. The minimum Gasteiger partial charge on any atom is -0.463 e. The van der Waals surface area contributed by atoms with Crippen molar-refractivity contribution < 1.29 is 4.42 Å². The Bertz CT molecular complexity index is 451. The van der Waals surface area contributed by atoms with Crippen LogP contribution < -0.4 is 5.43 Å². The summed E-state index contributed by atoms with van der Waals surface area (Å²) in [7, 11) is 0. The van der Waals surface area contributed by atoms with Gasteiger partial charge in [0.25, 0.3) is 0 Å². The molecule has 0 atom stereocenters. The number of halogens is 1.